The molecule has 0 spiro atoms. The number of aryl methyl sites for hydroxylation is 1. The number of carbonyl (C=O) groups is 1. The van der Waals surface area contributed by atoms with Crippen molar-refractivity contribution in [1.29, 1.82) is 0 Å². The van der Waals surface area contributed by atoms with E-state index in [4.69, 9.17) is 30.5 Å². The van der Waals surface area contributed by atoms with Gasteiger partial charge in [-0.3, -0.25) is 0 Å². The summed E-state index contributed by atoms with van der Waals surface area (Å²) in [6.07, 6.45) is -0.763. The van der Waals surface area contributed by atoms with Crippen molar-refractivity contribution in [2.45, 2.75) is 26.6 Å². The molecule has 2 aromatic carbocycles. The Bertz CT molecular complexity index is 1040. The molecule has 1 unspecified atom stereocenters. The molecule has 0 radical (unpaired) electrons. The molecule has 0 aliphatic carbocycles. The summed E-state index contributed by atoms with van der Waals surface area (Å²) >= 11 is 7.38. The van der Waals surface area contributed by atoms with E-state index in [1.165, 1.54) is 11.3 Å². The van der Waals surface area contributed by atoms with Crippen molar-refractivity contribution in [2.75, 3.05) is 14.2 Å². The van der Waals surface area contributed by atoms with Crippen LogP contribution in [0, 0.1) is 6.92 Å². The minimum atomic E-state index is -0.763. The molecule has 0 aliphatic heterocycles. The maximum Gasteiger partial charge on any atom is 0.347 e. The van der Waals surface area contributed by atoms with Crippen LogP contribution < -0.4 is 14.2 Å². The molecule has 0 saturated carbocycles. The molecule has 3 aromatic rings. The minimum Gasteiger partial charge on any atom is -0.493 e. The number of ether oxygens (including phenoxy) is 4. The molecule has 0 aliphatic rings. The summed E-state index contributed by atoms with van der Waals surface area (Å²) in [7, 11) is 3.17. The Hall–Kier alpha value is -2.77. The molecular weight excluding hydrogens is 426 g/mol. The van der Waals surface area contributed by atoms with Crippen molar-refractivity contribution >= 4 is 28.9 Å². The van der Waals surface area contributed by atoms with E-state index < -0.39 is 12.1 Å². The van der Waals surface area contributed by atoms with E-state index in [0.29, 0.717) is 28.0 Å². The number of rotatable bonds is 8. The molecule has 1 heterocycles. The van der Waals surface area contributed by atoms with Gasteiger partial charge in [-0.05, 0) is 49.7 Å². The first kappa shape index (κ1) is 21.9. The van der Waals surface area contributed by atoms with Gasteiger partial charge in [-0.2, -0.15) is 0 Å². The van der Waals surface area contributed by atoms with E-state index in [1.807, 2.05) is 30.5 Å². The average molecular weight is 448 g/mol. The molecule has 0 amide bonds. The molecule has 3 rings (SSSR count). The Labute approximate surface area is 184 Å². The molecule has 6 nitrogen and oxygen atoms in total. The molecule has 0 N–H and O–H groups in total. The number of esters is 1. The fourth-order valence-electron chi connectivity index (χ4n) is 2.80. The minimum absolute atomic E-state index is 0.0505. The van der Waals surface area contributed by atoms with E-state index in [1.54, 1.807) is 39.3 Å². The van der Waals surface area contributed by atoms with Gasteiger partial charge in [-0.1, -0.05) is 17.7 Å². The van der Waals surface area contributed by atoms with Gasteiger partial charge in [0.25, 0.3) is 0 Å². The lowest BCUT2D eigenvalue weighted by atomic mass is 10.2. The van der Waals surface area contributed by atoms with Crippen molar-refractivity contribution in [3.05, 3.63) is 58.1 Å². The lowest BCUT2D eigenvalue weighted by molar-refractivity contribution is -0.152. The van der Waals surface area contributed by atoms with E-state index in [0.717, 1.165) is 16.1 Å². The van der Waals surface area contributed by atoms with Crippen LogP contribution in [-0.2, 0) is 16.1 Å². The lowest BCUT2D eigenvalue weighted by Crippen LogP contribution is -2.26. The first-order valence-electron chi connectivity index (χ1n) is 9.18. The Morgan fingerprint density at radius 1 is 1.17 bits per heavy atom. The highest BCUT2D eigenvalue weighted by molar-refractivity contribution is 7.13. The third-order valence-electron chi connectivity index (χ3n) is 4.32. The summed E-state index contributed by atoms with van der Waals surface area (Å²) in [4.78, 5) is 16.9. The van der Waals surface area contributed by atoms with Crippen molar-refractivity contribution in [3.63, 3.8) is 0 Å². The number of thiazole rings is 1. The summed E-state index contributed by atoms with van der Waals surface area (Å²) in [5, 5.41) is 3.20. The zero-order valence-electron chi connectivity index (χ0n) is 17.1. The Morgan fingerprint density at radius 3 is 2.67 bits per heavy atom. The van der Waals surface area contributed by atoms with Crippen LogP contribution in [0.5, 0.6) is 17.2 Å². The predicted octanol–water partition coefficient (Wildman–Crippen LogP) is 5.30. The van der Waals surface area contributed by atoms with Gasteiger partial charge >= 0.3 is 5.97 Å². The zero-order valence-corrected chi connectivity index (χ0v) is 18.7. The SMILES string of the molecule is COc1cccc(-c2nc(COC(=O)C(C)Oc3ccc(Cl)cc3C)cs2)c1OC. The monoisotopic (exact) mass is 447 g/mol. The van der Waals surface area contributed by atoms with Gasteiger partial charge in [0, 0.05) is 10.4 Å². The number of carbonyl (C=O) groups excluding carboxylic acids is 1. The number of hydrogen-bond donors (Lipinski definition) is 0. The van der Waals surface area contributed by atoms with Gasteiger partial charge in [0.15, 0.2) is 17.6 Å². The molecule has 30 heavy (non-hydrogen) atoms. The molecule has 1 aromatic heterocycles. The summed E-state index contributed by atoms with van der Waals surface area (Å²) < 4.78 is 21.9. The van der Waals surface area contributed by atoms with Crippen LogP contribution in [0.2, 0.25) is 5.02 Å². The molecule has 1 atom stereocenters. The highest BCUT2D eigenvalue weighted by Gasteiger charge is 2.19. The maximum atomic E-state index is 12.3. The highest BCUT2D eigenvalue weighted by Crippen LogP contribution is 2.39. The van der Waals surface area contributed by atoms with Crippen molar-refractivity contribution in [2.24, 2.45) is 0 Å². The van der Waals surface area contributed by atoms with Gasteiger partial charge in [0.1, 0.15) is 17.4 Å². The Balaban J connectivity index is 1.63. The summed E-state index contributed by atoms with van der Waals surface area (Å²) in [6, 6.07) is 10.8. The van der Waals surface area contributed by atoms with E-state index in [-0.39, 0.29) is 6.61 Å². The number of hydrogen-bond acceptors (Lipinski definition) is 7. The number of methoxy groups -OCH3 is 2. The van der Waals surface area contributed by atoms with E-state index in [2.05, 4.69) is 4.98 Å². The number of halogens is 1. The molecule has 8 heteroatoms. The molecule has 158 valence electrons. The number of benzene rings is 2. The molecular formula is C22H22ClNO5S. The standard InChI is InChI=1S/C22H22ClNO5S/c1-13-10-15(23)8-9-18(13)29-14(2)22(25)28-11-16-12-30-21(24-16)17-6-5-7-19(26-3)20(17)27-4/h5-10,12,14H,11H2,1-4H3. The highest BCUT2D eigenvalue weighted by atomic mass is 35.5. The summed E-state index contributed by atoms with van der Waals surface area (Å²) in [5.41, 5.74) is 2.30. The van der Waals surface area contributed by atoms with Crippen LogP contribution in [0.15, 0.2) is 41.8 Å². The van der Waals surface area contributed by atoms with Gasteiger partial charge in [-0.25, -0.2) is 9.78 Å². The van der Waals surface area contributed by atoms with E-state index >= 15 is 0 Å². The second-order valence-corrected chi connectivity index (χ2v) is 7.76. The van der Waals surface area contributed by atoms with Crippen LogP contribution in [-0.4, -0.2) is 31.3 Å². The first-order chi connectivity index (χ1) is 14.4. The fourth-order valence-corrected chi connectivity index (χ4v) is 3.85. The molecule has 0 saturated heterocycles. The third-order valence-corrected chi connectivity index (χ3v) is 5.48. The second-order valence-electron chi connectivity index (χ2n) is 6.46. The van der Waals surface area contributed by atoms with Crippen LogP contribution >= 0.6 is 22.9 Å². The summed E-state index contributed by atoms with van der Waals surface area (Å²) in [5.74, 6) is 1.35. The first-order valence-corrected chi connectivity index (χ1v) is 10.4. The van der Waals surface area contributed by atoms with Crippen molar-refractivity contribution in [1.82, 2.24) is 4.98 Å². The quantitative estimate of drug-likeness (QED) is 0.436. The third kappa shape index (κ3) is 5.04. The van der Waals surface area contributed by atoms with E-state index in [9.17, 15) is 4.79 Å². The number of para-hydroxylation sites is 1. The van der Waals surface area contributed by atoms with Crippen LogP contribution in [0.4, 0.5) is 0 Å². The summed E-state index contributed by atoms with van der Waals surface area (Å²) in [6.45, 7) is 3.56. The van der Waals surface area contributed by atoms with Gasteiger partial charge < -0.3 is 18.9 Å². The fraction of sp³-hybridized carbons (Fsp3) is 0.273. The normalized spacial score (nSPS) is 11.6. The van der Waals surface area contributed by atoms with Crippen LogP contribution in [0.1, 0.15) is 18.2 Å². The van der Waals surface area contributed by atoms with Crippen molar-refractivity contribution < 1.29 is 23.7 Å². The Morgan fingerprint density at radius 2 is 1.97 bits per heavy atom. The smallest absolute Gasteiger partial charge is 0.347 e. The topological polar surface area (TPSA) is 66.9 Å². The maximum absolute atomic E-state index is 12.3. The largest absolute Gasteiger partial charge is 0.493 e. The van der Waals surface area contributed by atoms with Crippen molar-refractivity contribution in [3.8, 4) is 27.8 Å². The average Bonchev–Trinajstić information content (AvgIpc) is 3.22. The predicted molar refractivity (Wildman–Crippen MR) is 117 cm³/mol. The van der Waals surface area contributed by atoms with Crippen LogP contribution in [0.3, 0.4) is 0 Å². The van der Waals surface area contributed by atoms with Crippen LogP contribution in [0.25, 0.3) is 10.6 Å². The lowest BCUT2D eigenvalue weighted by Gasteiger charge is -2.15. The number of aromatic nitrogens is 1. The molecule has 0 bridgehead atoms. The van der Waals surface area contributed by atoms with Gasteiger partial charge in [0.05, 0.1) is 25.5 Å². The second kappa shape index (κ2) is 9.82. The molecule has 0 fully saturated rings. The van der Waals surface area contributed by atoms with Gasteiger partial charge in [0.2, 0.25) is 0 Å². The zero-order chi connectivity index (χ0) is 21.7. The number of nitrogens with zero attached hydrogens (tertiary/aromatic N) is 1. The van der Waals surface area contributed by atoms with Gasteiger partial charge in [-0.15, -0.1) is 11.3 Å². The Kier molecular flexibility index (Phi) is 7.18.